The number of hydrogen-bond donors (Lipinski definition) is 1. The van der Waals surface area contributed by atoms with Gasteiger partial charge in [0.15, 0.2) is 0 Å². The molecular weight excluding hydrogens is 304 g/mol. The Labute approximate surface area is 132 Å². The van der Waals surface area contributed by atoms with E-state index in [-0.39, 0.29) is 6.04 Å². The van der Waals surface area contributed by atoms with E-state index >= 15 is 0 Å². The Kier molecular flexibility index (Phi) is 6.10. The van der Waals surface area contributed by atoms with Gasteiger partial charge in [0.05, 0.1) is 6.26 Å². The number of sulfonamides is 1. The molecule has 21 heavy (non-hydrogen) atoms. The first kappa shape index (κ1) is 16.8. The lowest BCUT2D eigenvalue weighted by atomic mass is 10.2. The SMILES string of the molecule is C[C@@H](CCSc1ccccc1)N1CC[C@@H](NS(C)(=O)=O)C1. The minimum atomic E-state index is -3.09. The van der Waals surface area contributed by atoms with Gasteiger partial charge in [-0.3, -0.25) is 4.90 Å². The summed E-state index contributed by atoms with van der Waals surface area (Å²) in [7, 11) is -3.09. The molecule has 1 N–H and O–H groups in total. The maximum absolute atomic E-state index is 11.3. The van der Waals surface area contributed by atoms with Crippen LogP contribution in [0, 0.1) is 0 Å². The van der Waals surface area contributed by atoms with Gasteiger partial charge >= 0.3 is 0 Å². The lowest BCUT2D eigenvalue weighted by molar-refractivity contribution is 0.250. The molecule has 0 aromatic heterocycles. The maximum atomic E-state index is 11.3. The van der Waals surface area contributed by atoms with Crippen LogP contribution in [0.25, 0.3) is 0 Å². The van der Waals surface area contributed by atoms with Gasteiger partial charge in [-0.15, -0.1) is 11.8 Å². The van der Waals surface area contributed by atoms with Crippen molar-refractivity contribution in [3.63, 3.8) is 0 Å². The van der Waals surface area contributed by atoms with Crippen molar-refractivity contribution < 1.29 is 8.42 Å². The molecule has 1 fully saturated rings. The lowest BCUT2D eigenvalue weighted by Crippen LogP contribution is -2.38. The number of thioether (sulfide) groups is 1. The summed E-state index contributed by atoms with van der Waals surface area (Å²) < 4.78 is 25.2. The van der Waals surface area contributed by atoms with Crippen molar-refractivity contribution in [1.82, 2.24) is 9.62 Å². The zero-order valence-corrected chi connectivity index (χ0v) is 14.3. The van der Waals surface area contributed by atoms with Crippen LogP contribution in [0.1, 0.15) is 19.8 Å². The Bertz CT molecular complexity index is 534. The molecule has 1 aliphatic heterocycles. The van der Waals surface area contributed by atoms with Crippen LogP contribution >= 0.6 is 11.8 Å². The highest BCUT2D eigenvalue weighted by Gasteiger charge is 2.27. The quantitative estimate of drug-likeness (QED) is 0.780. The van der Waals surface area contributed by atoms with Gasteiger partial charge in [-0.1, -0.05) is 18.2 Å². The van der Waals surface area contributed by atoms with E-state index in [2.05, 4.69) is 40.8 Å². The van der Waals surface area contributed by atoms with Crippen LogP contribution in [0.2, 0.25) is 0 Å². The molecule has 0 aliphatic carbocycles. The fraction of sp³-hybridized carbons (Fsp3) is 0.600. The highest BCUT2D eigenvalue weighted by molar-refractivity contribution is 7.99. The predicted octanol–water partition coefficient (Wildman–Crippen LogP) is 2.18. The Balaban J connectivity index is 1.71. The van der Waals surface area contributed by atoms with Crippen LogP contribution in [0.5, 0.6) is 0 Å². The molecule has 0 bridgehead atoms. The van der Waals surface area contributed by atoms with Crippen molar-refractivity contribution in [3.8, 4) is 0 Å². The zero-order valence-electron chi connectivity index (χ0n) is 12.7. The van der Waals surface area contributed by atoms with Gasteiger partial charge in [-0.2, -0.15) is 0 Å². The lowest BCUT2D eigenvalue weighted by Gasteiger charge is -2.24. The standard InChI is InChI=1S/C15H24N2O2S2/c1-13(9-11-20-15-6-4-3-5-7-15)17-10-8-14(12-17)16-21(2,18)19/h3-7,13-14,16H,8-12H2,1-2H3/t13-,14+/m0/s1. The van der Waals surface area contributed by atoms with E-state index in [1.54, 1.807) is 0 Å². The number of nitrogens with zero attached hydrogens (tertiary/aromatic N) is 1. The molecule has 1 heterocycles. The Morgan fingerprint density at radius 2 is 2.10 bits per heavy atom. The molecule has 0 amide bonds. The molecule has 0 unspecified atom stereocenters. The third kappa shape index (κ3) is 5.98. The van der Waals surface area contributed by atoms with Gasteiger partial charge in [-0.25, -0.2) is 13.1 Å². The average Bonchev–Trinajstić information content (AvgIpc) is 2.86. The van der Waals surface area contributed by atoms with Crippen LogP contribution in [0.15, 0.2) is 35.2 Å². The maximum Gasteiger partial charge on any atom is 0.208 e. The van der Waals surface area contributed by atoms with Gasteiger partial charge in [0.2, 0.25) is 10.0 Å². The van der Waals surface area contributed by atoms with E-state index in [4.69, 9.17) is 0 Å². The zero-order chi connectivity index (χ0) is 15.3. The topological polar surface area (TPSA) is 49.4 Å². The summed E-state index contributed by atoms with van der Waals surface area (Å²) in [6, 6.07) is 11.0. The third-order valence-electron chi connectivity index (χ3n) is 3.77. The normalized spacial score (nSPS) is 21.5. The van der Waals surface area contributed by atoms with Gasteiger partial charge in [0.25, 0.3) is 0 Å². The second-order valence-corrected chi connectivity index (χ2v) is 8.62. The van der Waals surface area contributed by atoms with E-state index in [1.807, 2.05) is 17.8 Å². The van der Waals surface area contributed by atoms with Crippen molar-refractivity contribution in [2.75, 3.05) is 25.1 Å². The molecule has 0 spiro atoms. The van der Waals surface area contributed by atoms with Gasteiger partial charge in [0, 0.05) is 30.1 Å². The molecule has 2 atom stereocenters. The molecule has 1 saturated heterocycles. The molecule has 1 aliphatic rings. The van der Waals surface area contributed by atoms with E-state index in [1.165, 1.54) is 11.2 Å². The first-order chi connectivity index (χ1) is 9.94. The summed E-state index contributed by atoms with van der Waals surface area (Å²) in [5, 5.41) is 0. The van der Waals surface area contributed by atoms with Crippen molar-refractivity contribution in [2.24, 2.45) is 0 Å². The van der Waals surface area contributed by atoms with Gasteiger partial charge in [0.1, 0.15) is 0 Å². The van der Waals surface area contributed by atoms with Crippen molar-refractivity contribution in [1.29, 1.82) is 0 Å². The van der Waals surface area contributed by atoms with E-state index in [0.717, 1.165) is 31.7 Å². The van der Waals surface area contributed by atoms with Crippen molar-refractivity contribution >= 4 is 21.8 Å². The smallest absolute Gasteiger partial charge is 0.208 e. The average molecular weight is 329 g/mol. The number of likely N-dealkylation sites (tertiary alicyclic amines) is 1. The summed E-state index contributed by atoms with van der Waals surface area (Å²) in [4.78, 5) is 3.69. The van der Waals surface area contributed by atoms with E-state index < -0.39 is 10.0 Å². The summed E-state index contributed by atoms with van der Waals surface area (Å²) in [5.41, 5.74) is 0. The molecule has 0 radical (unpaired) electrons. The molecule has 1 aromatic carbocycles. The van der Waals surface area contributed by atoms with Crippen LogP contribution in [-0.4, -0.2) is 50.5 Å². The predicted molar refractivity (Wildman–Crippen MR) is 89.2 cm³/mol. The minimum Gasteiger partial charge on any atom is -0.299 e. The number of rotatable bonds is 7. The molecule has 0 saturated carbocycles. The van der Waals surface area contributed by atoms with Crippen molar-refractivity contribution in [2.45, 2.75) is 36.7 Å². The molecule has 1 aromatic rings. The van der Waals surface area contributed by atoms with Gasteiger partial charge in [-0.05, 0) is 37.7 Å². The third-order valence-corrected chi connectivity index (χ3v) is 5.58. The fourth-order valence-corrected chi connectivity index (χ4v) is 4.48. The number of hydrogen-bond acceptors (Lipinski definition) is 4. The Hall–Kier alpha value is -0.560. The second-order valence-electron chi connectivity index (χ2n) is 5.67. The second kappa shape index (κ2) is 7.63. The molecule has 6 heteroatoms. The molecule has 4 nitrogen and oxygen atoms in total. The highest BCUT2D eigenvalue weighted by atomic mass is 32.2. The summed E-state index contributed by atoms with van der Waals surface area (Å²) in [6.07, 6.45) is 3.25. The number of nitrogens with one attached hydrogen (secondary N) is 1. The van der Waals surface area contributed by atoms with Crippen LogP contribution in [-0.2, 0) is 10.0 Å². The largest absolute Gasteiger partial charge is 0.299 e. The summed E-state index contributed by atoms with van der Waals surface area (Å²) in [6.45, 7) is 4.03. The van der Waals surface area contributed by atoms with Crippen LogP contribution < -0.4 is 4.72 Å². The first-order valence-corrected chi connectivity index (χ1v) is 10.2. The summed E-state index contributed by atoms with van der Waals surface area (Å²) >= 11 is 1.88. The summed E-state index contributed by atoms with van der Waals surface area (Å²) in [5.74, 6) is 1.09. The minimum absolute atomic E-state index is 0.0734. The first-order valence-electron chi connectivity index (χ1n) is 7.33. The van der Waals surface area contributed by atoms with Crippen LogP contribution in [0.4, 0.5) is 0 Å². The fourth-order valence-electron chi connectivity index (χ4n) is 2.63. The molecule has 2 rings (SSSR count). The number of benzene rings is 1. The molecular formula is C15H24N2O2S2. The van der Waals surface area contributed by atoms with Crippen LogP contribution in [0.3, 0.4) is 0 Å². The van der Waals surface area contributed by atoms with E-state index in [0.29, 0.717) is 6.04 Å². The monoisotopic (exact) mass is 328 g/mol. The van der Waals surface area contributed by atoms with E-state index in [9.17, 15) is 8.42 Å². The van der Waals surface area contributed by atoms with Gasteiger partial charge < -0.3 is 0 Å². The molecule has 118 valence electrons. The Morgan fingerprint density at radius 3 is 2.76 bits per heavy atom. The van der Waals surface area contributed by atoms with Crippen molar-refractivity contribution in [3.05, 3.63) is 30.3 Å². The Morgan fingerprint density at radius 1 is 1.38 bits per heavy atom. The highest BCUT2D eigenvalue weighted by Crippen LogP contribution is 2.21.